The second kappa shape index (κ2) is 9.50. The zero-order valence-corrected chi connectivity index (χ0v) is 22.1. The van der Waals surface area contributed by atoms with Gasteiger partial charge in [0.15, 0.2) is 0 Å². The molecule has 6 saturated heterocycles. The van der Waals surface area contributed by atoms with Crippen LogP contribution in [0.4, 0.5) is 0 Å². The highest BCUT2D eigenvalue weighted by atomic mass is 15.5. The van der Waals surface area contributed by atoms with Crippen LogP contribution in [0.25, 0.3) is 0 Å². The first-order chi connectivity index (χ1) is 16.6. The Labute approximate surface area is 209 Å². The minimum atomic E-state index is 1.29. The monoisotopic (exact) mass is 468 g/mol. The summed E-state index contributed by atoms with van der Waals surface area (Å²) in [6.45, 7) is 22.7. The Kier molecular flexibility index (Phi) is 6.55. The van der Waals surface area contributed by atoms with Gasteiger partial charge in [-0.3, -0.25) is 0 Å². The van der Waals surface area contributed by atoms with Crippen molar-refractivity contribution >= 4 is 0 Å². The van der Waals surface area contributed by atoms with Crippen molar-refractivity contribution in [3.8, 4) is 0 Å². The molecule has 0 aliphatic carbocycles. The summed E-state index contributed by atoms with van der Waals surface area (Å²) >= 11 is 0. The van der Waals surface area contributed by atoms with E-state index in [2.05, 4.69) is 24.3 Å². The lowest BCUT2D eigenvalue weighted by atomic mass is 10.0. The molecular weight excluding hydrogens is 416 g/mol. The van der Waals surface area contributed by atoms with E-state index in [0.717, 1.165) is 0 Å². The van der Waals surface area contributed by atoms with Crippen LogP contribution < -0.4 is 0 Å². The first-order valence-corrected chi connectivity index (χ1v) is 15.1. The molecule has 0 saturated carbocycles. The third kappa shape index (κ3) is 4.85. The first kappa shape index (κ1) is 23.5. The van der Waals surface area contributed by atoms with Crippen LogP contribution >= 0.6 is 0 Å². The second-order valence-electron chi connectivity index (χ2n) is 13.5. The summed E-state index contributed by atoms with van der Waals surface area (Å²) in [6.07, 6.45) is 11.8. The van der Waals surface area contributed by atoms with Gasteiger partial charge in [-0.25, -0.2) is 0 Å². The SMILES string of the molecule is c1cc2cc(c1)C[N+]13CC[N+](CCCCCCCCCC[N+]45CC[N+](CC4)(CC5)C2)(CC1)CC3. The van der Waals surface area contributed by atoms with Crippen molar-refractivity contribution < 1.29 is 17.9 Å². The Morgan fingerprint density at radius 3 is 1.06 bits per heavy atom. The molecular formula is C30H52N4+4. The van der Waals surface area contributed by atoms with E-state index in [-0.39, 0.29) is 0 Å². The first-order valence-electron chi connectivity index (χ1n) is 15.1. The summed E-state index contributed by atoms with van der Waals surface area (Å²) in [5.74, 6) is 0. The molecule has 188 valence electrons. The average molecular weight is 469 g/mol. The normalized spacial score (nSPS) is 41.5. The lowest BCUT2D eigenvalue weighted by Gasteiger charge is -2.56. The summed E-state index contributed by atoms with van der Waals surface area (Å²) in [5, 5.41) is 0. The van der Waals surface area contributed by atoms with Crippen molar-refractivity contribution in [1.82, 2.24) is 0 Å². The molecule has 0 radical (unpaired) electrons. The molecule has 4 heteroatoms. The molecule has 12 rings (SSSR count). The van der Waals surface area contributed by atoms with Crippen LogP contribution in [-0.4, -0.2) is 110 Å². The molecule has 0 atom stereocenters. The fourth-order valence-electron chi connectivity index (χ4n) is 8.59. The molecule has 0 N–H and O–H groups in total. The zero-order chi connectivity index (χ0) is 23.0. The molecule has 1 aromatic carbocycles. The molecule has 11 aliphatic heterocycles. The molecule has 0 unspecified atom stereocenters. The van der Waals surface area contributed by atoms with Crippen LogP contribution in [0.2, 0.25) is 0 Å². The average Bonchev–Trinajstić information content (AvgIpc) is 2.87. The topological polar surface area (TPSA) is 0 Å². The predicted octanol–water partition coefficient (Wildman–Crippen LogP) is 4.14. The number of hydrogen-bond donors (Lipinski definition) is 0. The highest BCUT2D eigenvalue weighted by molar-refractivity contribution is 5.22. The molecule has 6 bridgehead atoms. The van der Waals surface area contributed by atoms with Gasteiger partial charge >= 0.3 is 0 Å². The van der Waals surface area contributed by atoms with Crippen LogP contribution in [0.1, 0.15) is 62.5 Å². The van der Waals surface area contributed by atoms with Gasteiger partial charge in [-0.05, 0) is 31.7 Å². The fourth-order valence-corrected chi connectivity index (χ4v) is 8.59. The van der Waals surface area contributed by atoms with Crippen molar-refractivity contribution in [3.05, 3.63) is 35.4 Å². The van der Waals surface area contributed by atoms with Gasteiger partial charge in [0.2, 0.25) is 0 Å². The molecule has 11 aliphatic rings. The molecule has 11 heterocycles. The van der Waals surface area contributed by atoms with Crippen molar-refractivity contribution in [2.75, 3.05) is 91.6 Å². The van der Waals surface area contributed by atoms with Gasteiger partial charge in [-0.1, -0.05) is 43.9 Å². The lowest BCUT2D eigenvalue weighted by Crippen LogP contribution is -2.74. The van der Waals surface area contributed by atoms with E-state index in [1.807, 2.05) is 0 Å². The highest BCUT2D eigenvalue weighted by Crippen LogP contribution is 2.32. The quantitative estimate of drug-likeness (QED) is 0.502. The van der Waals surface area contributed by atoms with E-state index in [4.69, 9.17) is 0 Å². The molecule has 34 heavy (non-hydrogen) atoms. The molecule has 6 fully saturated rings. The summed E-state index contributed by atoms with van der Waals surface area (Å²) in [7, 11) is 0. The van der Waals surface area contributed by atoms with Gasteiger partial charge in [0.1, 0.15) is 91.6 Å². The van der Waals surface area contributed by atoms with E-state index in [1.54, 1.807) is 11.1 Å². The third-order valence-corrected chi connectivity index (χ3v) is 11.3. The molecule has 0 amide bonds. The van der Waals surface area contributed by atoms with Crippen LogP contribution in [0.15, 0.2) is 24.3 Å². The summed E-state index contributed by atoms with van der Waals surface area (Å²) in [6, 6.07) is 9.88. The number of piperazine rings is 6. The molecule has 0 aromatic heterocycles. The molecule has 0 spiro atoms. The van der Waals surface area contributed by atoms with Crippen LogP contribution in [0.5, 0.6) is 0 Å². The summed E-state index contributed by atoms with van der Waals surface area (Å²) in [5.41, 5.74) is 3.24. The Balaban J connectivity index is 1.17. The van der Waals surface area contributed by atoms with Gasteiger partial charge in [-0.2, -0.15) is 0 Å². The van der Waals surface area contributed by atoms with Crippen molar-refractivity contribution in [1.29, 1.82) is 0 Å². The van der Waals surface area contributed by atoms with Gasteiger partial charge in [-0.15, -0.1) is 0 Å². The van der Waals surface area contributed by atoms with Crippen LogP contribution in [0, 0.1) is 0 Å². The minimum absolute atomic E-state index is 1.29. The van der Waals surface area contributed by atoms with Crippen LogP contribution in [-0.2, 0) is 13.1 Å². The number of quaternary nitrogens is 4. The third-order valence-electron chi connectivity index (χ3n) is 11.3. The number of nitrogens with zero attached hydrogens (tertiary/aromatic N) is 4. The van der Waals surface area contributed by atoms with Crippen molar-refractivity contribution in [2.24, 2.45) is 0 Å². The summed E-state index contributed by atoms with van der Waals surface area (Å²) in [4.78, 5) is 0. The highest BCUT2D eigenvalue weighted by Gasteiger charge is 2.50. The maximum atomic E-state index is 2.62. The van der Waals surface area contributed by atoms with Crippen molar-refractivity contribution in [2.45, 2.75) is 64.5 Å². The zero-order valence-electron chi connectivity index (χ0n) is 22.1. The summed E-state index contributed by atoms with van der Waals surface area (Å²) < 4.78 is 5.67. The molecule has 4 nitrogen and oxygen atoms in total. The van der Waals surface area contributed by atoms with E-state index in [1.165, 1.54) is 174 Å². The minimum Gasteiger partial charge on any atom is -0.310 e. The maximum absolute atomic E-state index is 2.62. The second-order valence-corrected chi connectivity index (χ2v) is 13.5. The van der Waals surface area contributed by atoms with Crippen molar-refractivity contribution in [3.63, 3.8) is 0 Å². The number of hydrogen-bond acceptors (Lipinski definition) is 0. The Hall–Kier alpha value is -0.940. The van der Waals surface area contributed by atoms with E-state index in [0.29, 0.717) is 0 Å². The molecule has 1 aromatic rings. The smallest absolute Gasteiger partial charge is 0.129 e. The van der Waals surface area contributed by atoms with E-state index in [9.17, 15) is 0 Å². The lowest BCUT2D eigenvalue weighted by molar-refractivity contribution is -1.09. The Morgan fingerprint density at radius 1 is 0.353 bits per heavy atom. The maximum Gasteiger partial charge on any atom is 0.129 e. The van der Waals surface area contributed by atoms with E-state index < -0.39 is 0 Å². The number of benzene rings is 1. The Morgan fingerprint density at radius 2 is 0.676 bits per heavy atom. The largest absolute Gasteiger partial charge is 0.310 e. The predicted molar refractivity (Wildman–Crippen MR) is 140 cm³/mol. The number of rotatable bonds is 0. The van der Waals surface area contributed by atoms with Gasteiger partial charge < -0.3 is 17.9 Å². The van der Waals surface area contributed by atoms with Gasteiger partial charge in [0.25, 0.3) is 0 Å². The van der Waals surface area contributed by atoms with Crippen LogP contribution in [0.3, 0.4) is 0 Å². The van der Waals surface area contributed by atoms with E-state index >= 15 is 0 Å². The Bertz CT molecular complexity index is 734. The van der Waals surface area contributed by atoms with Gasteiger partial charge in [0, 0.05) is 11.1 Å². The van der Waals surface area contributed by atoms with Gasteiger partial charge in [0.05, 0.1) is 13.1 Å². The fraction of sp³-hybridized carbons (Fsp3) is 0.800. The standard InChI is InChI=1S/C30H52N4/c1-2-4-6-8-13-32-17-23-34(24-18-32,25-19-32)28-30-11-9-10-29(26-30)27-33-20-14-31(15-21-33,16-22-33)12-7-5-3-1/h9-11,26H,1-8,12-25,27-28H2/q+4.